The number of esters is 1. The molecule has 118 valence electrons. The number of hydrogen-bond acceptors (Lipinski definition) is 4. The highest BCUT2D eigenvalue weighted by atomic mass is 16.6. The molecule has 0 aromatic heterocycles. The van der Waals surface area contributed by atoms with Gasteiger partial charge in [0.1, 0.15) is 24.6 Å². The number of carbonyl (C=O) groups excluding carboxylic acids is 1. The fourth-order valence-electron chi connectivity index (χ4n) is 2.49. The SMILES string of the molecule is C=C1C=C(C)[N+](C)(C[C@@H](COc2ccccc2)OC(C)=O)N1. The predicted molar refractivity (Wildman–Crippen MR) is 84.6 cm³/mol. The molecule has 0 fully saturated rings. The van der Waals surface area contributed by atoms with E-state index in [1.54, 1.807) is 0 Å². The number of benzene rings is 1. The van der Waals surface area contributed by atoms with E-state index < -0.39 is 0 Å². The zero-order valence-electron chi connectivity index (χ0n) is 13.3. The van der Waals surface area contributed by atoms with E-state index in [9.17, 15) is 4.79 Å². The van der Waals surface area contributed by atoms with Crippen molar-refractivity contribution in [3.05, 3.63) is 54.4 Å². The molecule has 1 N–H and O–H groups in total. The van der Waals surface area contributed by atoms with E-state index in [4.69, 9.17) is 9.47 Å². The zero-order valence-corrected chi connectivity index (χ0v) is 13.3. The fraction of sp³-hybridized carbons (Fsp3) is 0.353. The molecule has 1 heterocycles. The van der Waals surface area contributed by atoms with Gasteiger partial charge >= 0.3 is 5.97 Å². The lowest BCUT2D eigenvalue weighted by Crippen LogP contribution is -2.54. The van der Waals surface area contributed by atoms with Crippen LogP contribution in [-0.2, 0) is 9.53 Å². The quantitative estimate of drug-likeness (QED) is 0.647. The molecule has 0 saturated heterocycles. The van der Waals surface area contributed by atoms with Crippen molar-refractivity contribution in [1.82, 2.24) is 5.43 Å². The van der Waals surface area contributed by atoms with E-state index >= 15 is 0 Å². The topological polar surface area (TPSA) is 47.6 Å². The molecule has 0 spiro atoms. The maximum absolute atomic E-state index is 11.4. The number of nitrogens with zero attached hydrogens (tertiary/aromatic N) is 1. The smallest absolute Gasteiger partial charge is 0.303 e. The number of ether oxygens (including phenoxy) is 2. The van der Waals surface area contributed by atoms with E-state index in [1.807, 2.05) is 50.4 Å². The molecule has 1 aromatic rings. The first kappa shape index (κ1) is 16.1. The normalized spacial score (nSPS) is 21.8. The fourth-order valence-corrected chi connectivity index (χ4v) is 2.49. The van der Waals surface area contributed by atoms with E-state index in [-0.39, 0.29) is 12.1 Å². The summed E-state index contributed by atoms with van der Waals surface area (Å²) in [5.41, 5.74) is 5.25. The summed E-state index contributed by atoms with van der Waals surface area (Å²) in [6.07, 6.45) is 1.63. The van der Waals surface area contributed by atoms with Gasteiger partial charge in [0.05, 0.1) is 12.7 Å². The monoisotopic (exact) mass is 303 g/mol. The van der Waals surface area contributed by atoms with Crippen LogP contribution in [0.3, 0.4) is 0 Å². The molecule has 5 heteroatoms. The number of para-hydroxylation sites is 1. The van der Waals surface area contributed by atoms with Crippen LogP contribution in [0.2, 0.25) is 0 Å². The van der Waals surface area contributed by atoms with Crippen LogP contribution in [-0.4, -0.2) is 36.9 Å². The number of rotatable bonds is 6. The van der Waals surface area contributed by atoms with Crippen LogP contribution in [0.15, 0.2) is 54.4 Å². The highest BCUT2D eigenvalue weighted by Crippen LogP contribution is 2.22. The summed E-state index contributed by atoms with van der Waals surface area (Å²) in [7, 11) is 2.02. The number of carbonyl (C=O) groups is 1. The third-order valence-corrected chi connectivity index (χ3v) is 3.63. The second-order valence-corrected chi connectivity index (χ2v) is 5.65. The maximum Gasteiger partial charge on any atom is 0.303 e. The molecule has 1 aromatic carbocycles. The Bertz CT molecular complexity index is 583. The summed E-state index contributed by atoms with van der Waals surface area (Å²) in [5, 5.41) is 0. The molecule has 22 heavy (non-hydrogen) atoms. The van der Waals surface area contributed by atoms with Crippen LogP contribution in [0.5, 0.6) is 5.75 Å². The van der Waals surface area contributed by atoms with Crippen LogP contribution in [0.25, 0.3) is 0 Å². The van der Waals surface area contributed by atoms with E-state index in [1.165, 1.54) is 6.92 Å². The lowest BCUT2D eigenvalue weighted by atomic mass is 10.3. The minimum absolute atomic E-state index is 0.304. The van der Waals surface area contributed by atoms with Gasteiger partial charge in [0, 0.05) is 19.9 Å². The van der Waals surface area contributed by atoms with Crippen molar-refractivity contribution in [2.75, 3.05) is 20.2 Å². The Hall–Kier alpha value is -2.27. The van der Waals surface area contributed by atoms with Gasteiger partial charge in [-0.2, -0.15) is 4.59 Å². The Morgan fingerprint density at radius 2 is 2.05 bits per heavy atom. The second-order valence-electron chi connectivity index (χ2n) is 5.65. The van der Waals surface area contributed by atoms with Gasteiger partial charge in [0.25, 0.3) is 0 Å². The van der Waals surface area contributed by atoms with Crippen LogP contribution < -0.4 is 10.2 Å². The Morgan fingerprint density at radius 1 is 1.36 bits per heavy atom. The van der Waals surface area contributed by atoms with Gasteiger partial charge in [0.15, 0.2) is 6.10 Å². The molecule has 0 bridgehead atoms. The van der Waals surface area contributed by atoms with Crippen molar-refractivity contribution in [3.63, 3.8) is 0 Å². The summed E-state index contributed by atoms with van der Waals surface area (Å²) < 4.78 is 11.6. The van der Waals surface area contributed by atoms with Crippen molar-refractivity contribution < 1.29 is 18.9 Å². The molecule has 0 aliphatic carbocycles. The molecular weight excluding hydrogens is 280 g/mol. The van der Waals surface area contributed by atoms with E-state index in [0.29, 0.717) is 17.7 Å². The van der Waals surface area contributed by atoms with Crippen molar-refractivity contribution in [2.45, 2.75) is 20.0 Å². The summed E-state index contributed by atoms with van der Waals surface area (Å²) in [6.45, 7) is 8.22. The molecule has 1 aliphatic rings. The second kappa shape index (κ2) is 6.66. The lowest BCUT2D eigenvalue weighted by molar-refractivity contribution is -0.909. The molecule has 0 amide bonds. The molecule has 0 radical (unpaired) electrons. The van der Waals surface area contributed by atoms with Gasteiger partial charge in [-0.25, -0.2) is 5.43 Å². The van der Waals surface area contributed by atoms with Crippen molar-refractivity contribution in [2.24, 2.45) is 0 Å². The number of nitrogens with one attached hydrogen (secondary N) is 1. The molecule has 5 nitrogen and oxygen atoms in total. The number of hydrogen-bond donors (Lipinski definition) is 1. The minimum Gasteiger partial charge on any atom is -0.489 e. The molecule has 2 rings (SSSR count). The highest BCUT2D eigenvalue weighted by molar-refractivity contribution is 5.66. The average Bonchev–Trinajstić information content (AvgIpc) is 2.69. The van der Waals surface area contributed by atoms with Crippen molar-refractivity contribution in [1.29, 1.82) is 0 Å². The number of likely N-dealkylation sites (N-methyl/N-ethyl adjacent to an activating group) is 1. The predicted octanol–water partition coefficient (Wildman–Crippen LogP) is 2.38. The summed E-state index contributed by atoms with van der Waals surface area (Å²) >= 11 is 0. The van der Waals surface area contributed by atoms with E-state index in [0.717, 1.165) is 17.1 Å². The summed E-state index contributed by atoms with van der Waals surface area (Å²) in [4.78, 5) is 11.4. The summed E-state index contributed by atoms with van der Waals surface area (Å²) in [6, 6.07) is 9.49. The molecule has 1 aliphatic heterocycles. The highest BCUT2D eigenvalue weighted by Gasteiger charge is 2.35. The van der Waals surface area contributed by atoms with E-state index in [2.05, 4.69) is 12.0 Å². The first-order chi connectivity index (χ1) is 10.4. The molecule has 2 atom stereocenters. The van der Waals surface area contributed by atoms with Crippen LogP contribution in [0.1, 0.15) is 13.8 Å². The van der Waals surface area contributed by atoms with Crippen LogP contribution >= 0.6 is 0 Å². The Morgan fingerprint density at radius 3 is 2.59 bits per heavy atom. The maximum atomic E-state index is 11.4. The Kier molecular flexibility index (Phi) is 4.88. The third-order valence-electron chi connectivity index (χ3n) is 3.63. The Labute approximate surface area is 131 Å². The van der Waals surface area contributed by atoms with Gasteiger partial charge in [-0.1, -0.05) is 24.8 Å². The summed E-state index contributed by atoms with van der Waals surface area (Å²) in [5.74, 6) is 0.446. The van der Waals surface area contributed by atoms with Gasteiger partial charge < -0.3 is 9.47 Å². The van der Waals surface area contributed by atoms with Crippen molar-refractivity contribution >= 4 is 5.97 Å². The van der Waals surface area contributed by atoms with Crippen molar-refractivity contribution in [3.8, 4) is 5.75 Å². The third kappa shape index (κ3) is 4.11. The molecular formula is C17H23N2O3+. The number of allylic oxidation sites excluding steroid dienone is 2. The van der Waals surface area contributed by atoms with Crippen LogP contribution in [0.4, 0.5) is 0 Å². The largest absolute Gasteiger partial charge is 0.489 e. The van der Waals surface area contributed by atoms with Crippen LogP contribution in [0, 0.1) is 0 Å². The van der Waals surface area contributed by atoms with Gasteiger partial charge in [-0.15, -0.1) is 0 Å². The lowest BCUT2D eigenvalue weighted by Gasteiger charge is -2.33. The first-order valence-corrected chi connectivity index (χ1v) is 7.26. The number of quaternary nitrogens is 1. The van der Waals surface area contributed by atoms with Gasteiger partial charge in [-0.05, 0) is 12.1 Å². The molecule has 0 saturated carbocycles. The Balaban J connectivity index is 2.02. The molecule has 1 unspecified atom stereocenters. The average molecular weight is 303 g/mol. The zero-order chi connectivity index (χ0) is 16.2. The first-order valence-electron chi connectivity index (χ1n) is 7.26. The van der Waals surface area contributed by atoms with Gasteiger partial charge in [0.2, 0.25) is 0 Å². The van der Waals surface area contributed by atoms with Gasteiger partial charge in [-0.3, -0.25) is 4.79 Å². The standard InChI is InChI=1S/C17H23N2O3/c1-13-10-14(2)19(4,18-13)11-17(22-15(3)20)12-21-16-8-6-5-7-9-16/h5-10,17-18H,1,11-12H2,2-4H3/q+1/t17-,19?/m0/s1. The minimum atomic E-state index is -0.357.